The lowest BCUT2D eigenvalue weighted by Gasteiger charge is -2.36. The van der Waals surface area contributed by atoms with Crippen LogP contribution in [-0.2, 0) is 4.79 Å². The molecule has 0 atom stereocenters. The molecule has 1 aliphatic heterocycles. The highest BCUT2D eigenvalue weighted by Crippen LogP contribution is 2.21. The Kier molecular flexibility index (Phi) is 5.41. The molecule has 31 heavy (non-hydrogen) atoms. The van der Waals surface area contributed by atoms with E-state index >= 15 is 0 Å². The Bertz CT molecular complexity index is 1260. The van der Waals surface area contributed by atoms with E-state index < -0.39 is 0 Å². The third-order valence-corrected chi connectivity index (χ3v) is 5.35. The lowest BCUT2D eigenvalue weighted by Crippen LogP contribution is -2.49. The maximum atomic E-state index is 12.9. The SMILES string of the molecule is C/C(=C\c1nc2c(O)cccc2c(=O)[nH]1)C(=O)N1CCN(c2ccc(C#N)cc2)CC1. The number of para-hydroxylation sites is 1. The first-order chi connectivity index (χ1) is 15.0. The van der Waals surface area contributed by atoms with Crippen LogP contribution in [-0.4, -0.2) is 52.1 Å². The average Bonchev–Trinajstić information content (AvgIpc) is 2.79. The van der Waals surface area contributed by atoms with Gasteiger partial charge >= 0.3 is 0 Å². The highest BCUT2D eigenvalue weighted by atomic mass is 16.3. The van der Waals surface area contributed by atoms with Gasteiger partial charge in [0.25, 0.3) is 5.56 Å². The Labute approximate surface area is 178 Å². The highest BCUT2D eigenvalue weighted by molar-refractivity contribution is 5.97. The minimum absolute atomic E-state index is 0.0823. The van der Waals surface area contributed by atoms with Crippen LogP contribution < -0.4 is 10.5 Å². The number of aromatic amines is 1. The van der Waals surface area contributed by atoms with Crippen molar-refractivity contribution >= 4 is 28.6 Å². The Balaban J connectivity index is 1.47. The standard InChI is InChI=1S/C23H21N5O3/c1-15(13-20-25-21-18(22(30)26-20)3-2-4-19(21)29)23(31)28-11-9-27(10-12-28)17-7-5-16(14-24)6-8-17/h2-8,13,29H,9-12H2,1H3,(H,25,26,30)/b15-13+. The maximum Gasteiger partial charge on any atom is 0.259 e. The zero-order valence-corrected chi connectivity index (χ0v) is 17.0. The molecular formula is C23H21N5O3. The number of amides is 1. The number of benzene rings is 2. The smallest absolute Gasteiger partial charge is 0.259 e. The van der Waals surface area contributed by atoms with Gasteiger partial charge in [-0.1, -0.05) is 6.07 Å². The van der Waals surface area contributed by atoms with E-state index in [4.69, 9.17) is 5.26 Å². The van der Waals surface area contributed by atoms with Crippen LogP contribution in [0.25, 0.3) is 17.0 Å². The number of carbonyl (C=O) groups excluding carboxylic acids is 1. The zero-order valence-electron chi connectivity index (χ0n) is 17.0. The number of carbonyl (C=O) groups is 1. The third kappa shape index (κ3) is 4.12. The van der Waals surface area contributed by atoms with Gasteiger partial charge in [-0.25, -0.2) is 4.98 Å². The second-order valence-corrected chi connectivity index (χ2v) is 7.39. The van der Waals surface area contributed by atoms with Crippen LogP contribution in [0.15, 0.2) is 52.8 Å². The molecule has 156 valence electrons. The summed E-state index contributed by atoms with van der Waals surface area (Å²) in [6, 6.07) is 14.1. The number of aromatic nitrogens is 2. The number of nitrogens with zero attached hydrogens (tertiary/aromatic N) is 4. The van der Waals surface area contributed by atoms with Crippen molar-refractivity contribution in [2.75, 3.05) is 31.1 Å². The van der Waals surface area contributed by atoms with Gasteiger partial charge in [0.1, 0.15) is 17.1 Å². The first kappa shape index (κ1) is 20.2. The quantitative estimate of drug-likeness (QED) is 0.635. The summed E-state index contributed by atoms with van der Waals surface area (Å²) in [5.74, 6) is 0.0155. The molecule has 0 spiro atoms. The van der Waals surface area contributed by atoms with Crippen LogP contribution in [0.2, 0.25) is 0 Å². The van der Waals surface area contributed by atoms with Crippen molar-refractivity contribution in [3.63, 3.8) is 0 Å². The molecule has 1 aliphatic rings. The molecule has 1 aromatic heterocycles. The van der Waals surface area contributed by atoms with Crippen LogP contribution in [0.4, 0.5) is 5.69 Å². The van der Waals surface area contributed by atoms with E-state index in [0.29, 0.717) is 42.7 Å². The van der Waals surface area contributed by atoms with Crippen molar-refractivity contribution in [2.24, 2.45) is 0 Å². The Morgan fingerprint density at radius 2 is 1.87 bits per heavy atom. The Hall–Kier alpha value is -4.12. The summed E-state index contributed by atoms with van der Waals surface area (Å²) in [5.41, 5.74) is 1.92. The molecule has 0 aliphatic carbocycles. The fourth-order valence-electron chi connectivity index (χ4n) is 3.66. The van der Waals surface area contributed by atoms with E-state index in [2.05, 4.69) is 20.9 Å². The van der Waals surface area contributed by atoms with Crippen LogP contribution >= 0.6 is 0 Å². The van der Waals surface area contributed by atoms with E-state index in [1.54, 1.807) is 36.1 Å². The predicted molar refractivity (Wildman–Crippen MR) is 118 cm³/mol. The number of rotatable bonds is 3. The third-order valence-electron chi connectivity index (χ3n) is 5.35. The molecule has 1 amide bonds. The summed E-state index contributed by atoms with van der Waals surface area (Å²) >= 11 is 0. The van der Waals surface area contributed by atoms with Crippen molar-refractivity contribution in [1.82, 2.24) is 14.9 Å². The molecule has 4 rings (SSSR count). The summed E-state index contributed by atoms with van der Waals surface area (Å²) < 4.78 is 0. The van der Waals surface area contributed by atoms with Gasteiger partial charge in [0.05, 0.1) is 17.0 Å². The minimum atomic E-state index is -0.372. The molecule has 3 aromatic rings. The molecule has 8 heteroatoms. The fraction of sp³-hybridized carbons (Fsp3) is 0.217. The molecule has 0 saturated carbocycles. The molecule has 0 bridgehead atoms. The highest BCUT2D eigenvalue weighted by Gasteiger charge is 2.22. The molecule has 1 fully saturated rings. The average molecular weight is 415 g/mol. The first-order valence-corrected chi connectivity index (χ1v) is 9.91. The molecule has 0 unspecified atom stereocenters. The Morgan fingerprint density at radius 3 is 2.55 bits per heavy atom. The van der Waals surface area contributed by atoms with Crippen LogP contribution in [0.5, 0.6) is 5.75 Å². The van der Waals surface area contributed by atoms with Crippen molar-refractivity contribution in [1.29, 1.82) is 5.26 Å². The second kappa shape index (κ2) is 8.32. The number of aromatic hydroxyl groups is 1. The number of nitrogens with one attached hydrogen (secondary N) is 1. The summed E-state index contributed by atoms with van der Waals surface area (Å²) in [6.07, 6.45) is 1.53. The molecule has 1 saturated heterocycles. The van der Waals surface area contributed by atoms with E-state index in [1.807, 2.05) is 12.1 Å². The van der Waals surface area contributed by atoms with E-state index in [-0.39, 0.29) is 28.6 Å². The Morgan fingerprint density at radius 1 is 1.16 bits per heavy atom. The van der Waals surface area contributed by atoms with E-state index in [1.165, 1.54) is 12.1 Å². The topological polar surface area (TPSA) is 113 Å². The molecular weight excluding hydrogens is 394 g/mol. The number of anilines is 1. The van der Waals surface area contributed by atoms with E-state index in [0.717, 1.165) is 5.69 Å². The number of nitriles is 1. The lowest BCUT2D eigenvalue weighted by atomic mass is 10.1. The number of phenolic OH excluding ortho intramolecular Hbond substituents is 1. The summed E-state index contributed by atoms with van der Waals surface area (Å²) in [4.78, 5) is 36.0. The number of H-pyrrole nitrogens is 1. The first-order valence-electron chi connectivity index (χ1n) is 9.91. The van der Waals surface area contributed by atoms with Crippen LogP contribution in [0.1, 0.15) is 18.3 Å². The van der Waals surface area contributed by atoms with Gasteiger partial charge in [0.2, 0.25) is 5.91 Å². The van der Waals surface area contributed by atoms with Gasteiger partial charge < -0.3 is 19.9 Å². The molecule has 8 nitrogen and oxygen atoms in total. The zero-order chi connectivity index (χ0) is 22.0. The minimum Gasteiger partial charge on any atom is -0.506 e. The normalized spacial score (nSPS) is 14.5. The van der Waals surface area contributed by atoms with Gasteiger partial charge in [-0.05, 0) is 49.4 Å². The van der Waals surface area contributed by atoms with Gasteiger partial charge in [0.15, 0.2) is 0 Å². The van der Waals surface area contributed by atoms with Gasteiger partial charge in [-0.3, -0.25) is 9.59 Å². The number of phenols is 1. The lowest BCUT2D eigenvalue weighted by molar-refractivity contribution is -0.127. The van der Waals surface area contributed by atoms with Crippen molar-refractivity contribution in [3.8, 4) is 11.8 Å². The predicted octanol–water partition coefficient (Wildman–Crippen LogP) is 2.25. The second-order valence-electron chi connectivity index (χ2n) is 7.39. The fourth-order valence-corrected chi connectivity index (χ4v) is 3.66. The number of hydrogen-bond acceptors (Lipinski definition) is 6. The van der Waals surface area contributed by atoms with E-state index in [9.17, 15) is 14.7 Å². The summed E-state index contributed by atoms with van der Waals surface area (Å²) in [7, 11) is 0. The summed E-state index contributed by atoms with van der Waals surface area (Å²) in [6.45, 7) is 4.18. The molecule has 2 aromatic carbocycles. The largest absolute Gasteiger partial charge is 0.506 e. The number of piperazine rings is 1. The molecule has 0 radical (unpaired) electrons. The summed E-state index contributed by atoms with van der Waals surface area (Å²) in [5, 5.41) is 19.2. The molecule has 2 heterocycles. The van der Waals surface area contributed by atoms with Crippen LogP contribution in [0, 0.1) is 11.3 Å². The monoisotopic (exact) mass is 415 g/mol. The van der Waals surface area contributed by atoms with Crippen LogP contribution in [0.3, 0.4) is 0 Å². The van der Waals surface area contributed by atoms with Gasteiger partial charge in [-0.2, -0.15) is 5.26 Å². The number of hydrogen-bond donors (Lipinski definition) is 2. The van der Waals surface area contributed by atoms with Crippen molar-refractivity contribution < 1.29 is 9.90 Å². The van der Waals surface area contributed by atoms with Gasteiger partial charge in [-0.15, -0.1) is 0 Å². The van der Waals surface area contributed by atoms with Crippen molar-refractivity contribution in [2.45, 2.75) is 6.92 Å². The van der Waals surface area contributed by atoms with Crippen molar-refractivity contribution in [3.05, 3.63) is 69.8 Å². The maximum absolute atomic E-state index is 12.9. The number of fused-ring (bicyclic) bond motifs is 1. The van der Waals surface area contributed by atoms with Gasteiger partial charge in [0, 0.05) is 37.4 Å². The molecule has 2 N–H and O–H groups in total.